The molecule has 0 rings (SSSR count). The number of carbonyl (C=O) groups excluding carboxylic acids is 1. The zero-order valence-corrected chi connectivity index (χ0v) is 12.1. The van der Waals surface area contributed by atoms with Gasteiger partial charge in [-0.3, -0.25) is 4.79 Å². The highest BCUT2D eigenvalue weighted by atomic mass is 35.5. The Morgan fingerprint density at radius 1 is 1.38 bits per heavy atom. The van der Waals surface area contributed by atoms with E-state index in [0.29, 0.717) is 6.42 Å². The van der Waals surface area contributed by atoms with Gasteiger partial charge in [0, 0.05) is 19.0 Å². The lowest BCUT2D eigenvalue weighted by atomic mass is 10.0. The molecular formula is C11H25ClN3O+. The van der Waals surface area contributed by atoms with Crippen molar-refractivity contribution in [3.05, 3.63) is 0 Å². The third-order valence-electron chi connectivity index (χ3n) is 2.38. The minimum Gasteiger partial charge on any atom is -0.340 e. The molecule has 96 valence electrons. The van der Waals surface area contributed by atoms with Crippen molar-refractivity contribution in [2.75, 3.05) is 41.3 Å². The summed E-state index contributed by atoms with van der Waals surface area (Å²) in [4.78, 5) is 16.2. The predicted octanol–water partition coefficient (Wildman–Crippen LogP) is 1.06. The standard InChI is InChI=1S/C11H25ClN3O/c1-11(2,13-12)9-10(16)14(3)7-8-15(4,5)6/h13H,7-9H2,1-6H3/q+1. The molecule has 0 aliphatic heterocycles. The van der Waals surface area contributed by atoms with Crippen molar-refractivity contribution in [2.45, 2.75) is 25.8 Å². The Bertz CT molecular complexity index is 236. The van der Waals surface area contributed by atoms with E-state index in [1.54, 1.807) is 4.90 Å². The Morgan fingerprint density at radius 2 is 1.88 bits per heavy atom. The molecule has 0 saturated carbocycles. The molecule has 0 bridgehead atoms. The van der Waals surface area contributed by atoms with E-state index < -0.39 is 0 Å². The van der Waals surface area contributed by atoms with Crippen molar-refractivity contribution in [1.82, 2.24) is 9.74 Å². The van der Waals surface area contributed by atoms with Crippen molar-refractivity contribution in [3.63, 3.8) is 0 Å². The molecule has 0 unspecified atom stereocenters. The average molecular weight is 251 g/mol. The fourth-order valence-corrected chi connectivity index (χ4v) is 1.19. The second kappa shape index (κ2) is 5.84. The minimum absolute atomic E-state index is 0.117. The van der Waals surface area contributed by atoms with Gasteiger partial charge in [-0.2, -0.15) is 0 Å². The van der Waals surface area contributed by atoms with Crippen LogP contribution in [-0.4, -0.2) is 62.1 Å². The maximum absolute atomic E-state index is 11.9. The number of amides is 1. The fourth-order valence-electron chi connectivity index (χ4n) is 1.12. The van der Waals surface area contributed by atoms with Crippen LogP contribution < -0.4 is 4.84 Å². The smallest absolute Gasteiger partial charge is 0.224 e. The topological polar surface area (TPSA) is 32.3 Å². The summed E-state index contributed by atoms with van der Waals surface area (Å²) in [6.45, 7) is 5.52. The van der Waals surface area contributed by atoms with Gasteiger partial charge >= 0.3 is 0 Å². The molecule has 0 aromatic rings. The molecule has 5 heteroatoms. The second-order valence-electron chi connectivity index (χ2n) is 5.98. The monoisotopic (exact) mass is 250 g/mol. The minimum atomic E-state index is -0.358. The van der Waals surface area contributed by atoms with Crippen LogP contribution in [0.15, 0.2) is 0 Å². The Labute approximate surface area is 104 Å². The lowest BCUT2D eigenvalue weighted by Gasteiger charge is -2.29. The van der Waals surface area contributed by atoms with E-state index in [4.69, 9.17) is 11.8 Å². The van der Waals surface area contributed by atoms with Gasteiger partial charge in [0.25, 0.3) is 0 Å². The summed E-state index contributed by atoms with van der Waals surface area (Å²) in [5, 5.41) is 0. The largest absolute Gasteiger partial charge is 0.340 e. The third kappa shape index (κ3) is 7.04. The van der Waals surface area contributed by atoms with Gasteiger partial charge in [0.05, 0.1) is 34.2 Å². The Hall–Kier alpha value is -0.320. The highest BCUT2D eigenvalue weighted by Gasteiger charge is 2.23. The molecule has 0 aromatic heterocycles. The van der Waals surface area contributed by atoms with E-state index >= 15 is 0 Å². The number of hydrogen-bond donors (Lipinski definition) is 1. The second-order valence-corrected chi connectivity index (χ2v) is 6.17. The predicted molar refractivity (Wildman–Crippen MR) is 68.2 cm³/mol. The maximum atomic E-state index is 11.9. The molecule has 1 amide bonds. The number of hydrogen-bond acceptors (Lipinski definition) is 2. The van der Waals surface area contributed by atoms with Crippen LogP contribution in [0, 0.1) is 0 Å². The summed E-state index contributed by atoms with van der Waals surface area (Å²) in [6.07, 6.45) is 0.407. The van der Waals surface area contributed by atoms with Gasteiger partial charge in [-0.25, -0.2) is 4.84 Å². The van der Waals surface area contributed by atoms with E-state index in [-0.39, 0.29) is 11.4 Å². The molecule has 1 N–H and O–H groups in total. The van der Waals surface area contributed by atoms with Crippen molar-refractivity contribution in [1.29, 1.82) is 0 Å². The van der Waals surface area contributed by atoms with Crippen LogP contribution in [0.5, 0.6) is 0 Å². The summed E-state index contributed by atoms with van der Waals surface area (Å²) in [6, 6.07) is 0. The molecule has 0 atom stereocenters. The van der Waals surface area contributed by atoms with Crippen LogP contribution in [-0.2, 0) is 4.79 Å². The van der Waals surface area contributed by atoms with E-state index in [0.717, 1.165) is 17.6 Å². The maximum Gasteiger partial charge on any atom is 0.224 e. The molecule has 4 nitrogen and oxygen atoms in total. The van der Waals surface area contributed by atoms with Crippen molar-refractivity contribution in [3.8, 4) is 0 Å². The van der Waals surface area contributed by atoms with Crippen LogP contribution in [0.1, 0.15) is 20.3 Å². The fraction of sp³-hybridized carbons (Fsp3) is 0.909. The molecule has 0 radical (unpaired) electrons. The van der Waals surface area contributed by atoms with Crippen LogP contribution in [0.2, 0.25) is 0 Å². The molecule has 0 aromatic carbocycles. The van der Waals surface area contributed by atoms with Gasteiger partial charge < -0.3 is 9.38 Å². The van der Waals surface area contributed by atoms with Gasteiger partial charge in [-0.15, -0.1) is 0 Å². The number of nitrogens with zero attached hydrogens (tertiary/aromatic N) is 2. The molecule has 0 heterocycles. The number of rotatable bonds is 6. The summed E-state index contributed by atoms with van der Waals surface area (Å²) >= 11 is 5.57. The van der Waals surface area contributed by atoms with Crippen LogP contribution >= 0.6 is 11.8 Å². The summed E-state index contributed by atoms with van der Waals surface area (Å²) in [5.74, 6) is 0.117. The molecule has 0 aliphatic carbocycles. The first-order valence-electron chi connectivity index (χ1n) is 5.50. The number of carbonyl (C=O) groups is 1. The molecule has 0 spiro atoms. The average Bonchev–Trinajstić information content (AvgIpc) is 2.12. The van der Waals surface area contributed by atoms with Crippen molar-refractivity contribution >= 4 is 17.7 Å². The number of nitrogens with one attached hydrogen (secondary N) is 1. The molecule has 0 aliphatic rings. The van der Waals surface area contributed by atoms with Gasteiger partial charge in [0.15, 0.2) is 0 Å². The summed E-state index contributed by atoms with van der Waals surface area (Å²) in [7, 11) is 8.18. The number of quaternary nitrogens is 1. The highest BCUT2D eigenvalue weighted by Crippen LogP contribution is 2.10. The van der Waals surface area contributed by atoms with E-state index in [1.807, 2.05) is 20.9 Å². The Balaban J connectivity index is 4.10. The molecule has 0 saturated heterocycles. The first-order valence-corrected chi connectivity index (χ1v) is 5.87. The number of likely N-dealkylation sites (N-methyl/N-ethyl adjacent to an activating group) is 2. The van der Waals surface area contributed by atoms with Gasteiger partial charge in [0.1, 0.15) is 0 Å². The lowest BCUT2D eigenvalue weighted by molar-refractivity contribution is -0.869. The van der Waals surface area contributed by atoms with Crippen LogP contribution in [0.4, 0.5) is 0 Å². The molecule has 0 fully saturated rings. The van der Waals surface area contributed by atoms with Gasteiger partial charge in [-0.1, -0.05) is 0 Å². The van der Waals surface area contributed by atoms with Gasteiger partial charge in [-0.05, 0) is 25.6 Å². The van der Waals surface area contributed by atoms with Crippen LogP contribution in [0.25, 0.3) is 0 Å². The highest BCUT2D eigenvalue weighted by molar-refractivity contribution is 6.14. The van der Waals surface area contributed by atoms with E-state index in [1.165, 1.54) is 0 Å². The normalized spacial score (nSPS) is 12.7. The first-order chi connectivity index (χ1) is 7.07. The summed E-state index contributed by atoms with van der Waals surface area (Å²) in [5.41, 5.74) is -0.358. The van der Waals surface area contributed by atoms with E-state index in [2.05, 4.69) is 26.0 Å². The molecular weight excluding hydrogens is 226 g/mol. The van der Waals surface area contributed by atoms with Crippen LogP contribution in [0.3, 0.4) is 0 Å². The Morgan fingerprint density at radius 3 is 2.25 bits per heavy atom. The SMILES string of the molecule is CN(CC[N+](C)(C)C)C(=O)CC(C)(C)NCl. The quantitative estimate of drug-likeness (QED) is 0.565. The summed E-state index contributed by atoms with van der Waals surface area (Å²) < 4.78 is 0.856. The lowest BCUT2D eigenvalue weighted by Crippen LogP contribution is -2.45. The number of halogens is 1. The third-order valence-corrected chi connectivity index (χ3v) is 2.89. The first kappa shape index (κ1) is 15.7. The van der Waals surface area contributed by atoms with Crippen molar-refractivity contribution < 1.29 is 9.28 Å². The zero-order chi connectivity index (χ0) is 13.0. The Kier molecular flexibility index (Phi) is 5.73. The van der Waals surface area contributed by atoms with Gasteiger partial charge in [0.2, 0.25) is 5.91 Å². The zero-order valence-electron chi connectivity index (χ0n) is 11.3. The van der Waals surface area contributed by atoms with E-state index in [9.17, 15) is 4.79 Å². The molecule has 16 heavy (non-hydrogen) atoms. The van der Waals surface area contributed by atoms with Crippen molar-refractivity contribution in [2.24, 2.45) is 0 Å².